The second kappa shape index (κ2) is 5.97. The fraction of sp³-hybridized carbons (Fsp3) is 0.455. The van der Waals surface area contributed by atoms with E-state index in [1.807, 2.05) is 0 Å². The summed E-state index contributed by atoms with van der Waals surface area (Å²) in [6.45, 7) is 0.110. The molecule has 0 spiro atoms. The van der Waals surface area contributed by atoms with Crippen molar-refractivity contribution in [3.63, 3.8) is 0 Å². The lowest BCUT2D eigenvalue weighted by Crippen LogP contribution is -2.19. The van der Waals surface area contributed by atoms with Gasteiger partial charge in [0.15, 0.2) is 21.4 Å². The molecule has 6 heteroatoms. The van der Waals surface area contributed by atoms with E-state index in [-0.39, 0.29) is 30.2 Å². The van der Waals surface area contributed by atoms with Crippen LogP contribution in [-0.4, -0.2) is 33.6 Å². The molecule has 0 aromatic heterocycles. The second-order valence-corrected chi connectivity index (χ2v) is 5.96. The zero-order chi connectivity index (χ0) is 12.9. The third-order valence-electron chi connectivity index (χ3n) is 2.35. The Bertz CT molecular complexity index is 474. The minimum absolute atomic E-state index is 0.0179. The van der Waals surface area contributed by atoms with Gasteiger partial charge in [0.1, 0.15) is 0 Å². The van der Waals surface area contributed by atoms with E-state index < -0.39 is 15.7 Å². The van der Waals surface area contributed by atoms with Crippen LogP contribution in [0.5, 0.6) is 5.75 Å². The summed E-state index contributed by atoms with van der Waals surface area (Å²) < 4.78 is 40.9. The zero-order valence-corrected chi connectivity index (χ0v) is 10.5. The van der Waals surface area contributed by atoms with Crippen molar-refractivity contribution in [3.05, 3.63) is 29.6 Å². The highest BCUT2D eigenvalue weighted by Gasteiger charge is 2.10. The van der Waals surface area contributed by atoms with Gasteiger partial charge in [0.2, 0.25) is 0 Å². The minimum atomic E-state index is -3.14. The third kappa shape index (κ3) is 4.32. The minimum Gasteiger partial charge on any atom is -0.494 e. The van der Waals surface area contributed by atoms with Crippen molar-refractivity contribution in [1.29, 1.82) is 0 Å². The summed E-state index contributed by atoms with van der Waals surface area (Å²) in [4.78, 5) is 0. The SMILES string of the molecule is COc1ccc(CCS(=O)(=O)CCN)cc1F. The molecule has 2 N–H and O–H groups in total. The molecule has 0 aliphatic heterocycles. The maximum atomic E-state index is 13.3. The van der Waals surface area contributed by atoms with E-state index >= 15 is 0 Å². The third-order valence-corrected chi connectivity index (χ3v) is 4.03. The van der Waals surface area contributed by atoms with Crippen molar-refractivity contribution in [1.82, 2.24) is 0 Å². The van der Waals surface area contributed by atoms with Gasteiger partial charge in [-0.05, 0) is 24.1 Å². The molecule has 0 radical (unpaired) electrons. The van der Waals surface area contributed by atoms with E-state index in [1.165, 1.54) is 19.2 Å². The van der Waals surface area contributed by atoms with Gasteiger partial charge in [0, 0.05) is 6.54 Å². The molecule has 1 rings (SSSR count). The predicted molar refractivity (Wildman–Crippen MR) is 64.4 cm³/mol. The highest BCUT2D eigenvalue weighted by Crippen LogP contribution is 2.18. The second-order valence-electron chi connectivity index (χ2n) is 3.66. The van der Waals surface area contributed by atoms with Crippen LogP contribution in [-0.2, 0) is 16.3 Å². The number of hydrogen-bond donors (Lipinski definition) is 1. The topological polar surface area (TPSA) is 69.4 Å². The van der Waals surface area contributed by atoms with E-state index in [0.717, 1.165) is 0 Å². The van der Waals surface area contributed by atoms with Crippen LogP contribution in [0.25, 0.3) is 0 Å². The Labute approximate surface area is 101 Å². The molecule has 0 amide bonds. The van der Waals surface area contributed by atoms with Gasteiger partial charge in [0.05, 0.1) is 18.6 Å². The Balaban J connectivity index is 2.67. The molecule has 0 bridgehead atoms. The molecule has 0 saturated heterocycles. The largest absolute Gasteiger partial charge is 0.494 e. The Morgan fingerprint density at radius 3 is 2.59 bits per heavy atom. The normalized spacial score (nSPS) is 11.5. The van der Waals surface area contributed by atoms with E-state index in [0.29, 0.717) is 5.56 Å². The number of benzene rings is 1. The van der Waals surface area contributed by atoms with E-state index in [9.17, 15) is 12.8 Å². The number of ether oxygens (including phenoxy) is 1. The lowest BCUT2D eigenvalue weighted by molar-refractivity contribution is 0.386. The van der Waals surface area contributed by atoms with Crippen molar-refractivity contribution in [2.24, 2.45) is 5.73 Å². The molecule has 96 valence electrons. The molecule has 0 heterocycles. The fourth-order valence-corrected chi connectivity index (χ4v) is 2.53. The summed E-state index contributed by atoms with van der Waals surface area (Å²) in [5, 5.41) is 0. The van der Waals surface area contributed by atoms with Gasteiger partial charge in [-0.25, -0.2) is 12.8 Å². The van der Waals surface area contributed by atoms with Gasteiger partial charge < -0.3 is 10.5 Å². The van der Waals surface area contributed by atoms with Gasteiger partial charge in [-0.15, -0.1) is 0 Å². The summed E-state index contributed by atoms with van der Waals surface area (Å²) in [6, 6.07) is 4.43. The van der Waals surface area contributed by atoms with Gasteiger partial charge in [-0.3, -0.25) is 0 Å². The molecular weight excluding hydrogens is 245 g/mol. The number of aryl methyl sites for hydroxylation is 1. The van der Waals surface area contributed by atoms with E-state index in [4.69, 9.17) is 10.5 Å². The molecule has 4 nitrogen and oxygen atoms in total. The van der Waals surface area contributed by atoms with Crippen LogP contribution in [0.4, 0.5) is 4.39 Å². The Morgan fingerprint density at radius 1 is 1.35 bits per heavy atom. The van der Waals surface area contributed by atoms with Crippen LogP contribution in [0.2, 0.25) is 0 Å². The number of methoxy groups -OCH3 is 1. The molecular formula is C11H16FNO3S. The van der Waals surface area contributed by atoms with Crippen molar-refractivity contribution >= 4 is 9.84 Å². The number of hydrogen-bond acceptors (Lipinski definition) is 4. The van der Waals surface area contributed by atoms with E-state index in [2.05, 4.69) is 0 Å². The Hall–Kier alpha value is -1.14. The molecule has 17 heavy (non-hydrogen) atoms. The fourth-order valence-electron chi connectivity index (χ4n) is 1.42. The van der Waals surface area contributed by atoms with Crippen molar-refractivity contribution < 1.29 is 17.5 Å². The maximum absolute atomic E-state index is 13.3. The first-order valence-electron chi connectivity index (χ1n) is 5.21. The molecule has 1 aromatic rings. The number of sulfone groups is 1. The van der Waals surface area contributed by atoms with Crippen LogP contribution in [0.15, 0.2) is 18.2 Å². The zero-order valence-electron chi connectivity index (χ0n) is 9.65. The lowest BCUT2D eigenvalue weighted by Gasteiger charge is -2.05. The van der Waals surface area contributed by atoms with Gasteiger partial charge in [0.25, 0.3) is 0 Å². The summed E-state index contributed by atoms with van der Waals surface area (Å²) in [6.07, 6.45) is 0.281. The Kier molecular flexibility index (Phi) is 4.89. The lowest BCUT2D eigenvalue weighted by atomic mass is 10.1. The van der Waals surface area contributed by atoms with Crippen LogP contribution < -0.4 is 10.5 Å². The Morgan fingerprint density at radius 2 is 2.06 bits per heavy atom. The van der Waals surface area contributed by atoms with Gasteiger partial charge in [-0.1, -0.05) is 6.07 Å². The first-order chi connectivity index (χ1) is 7.98. The van der Waals surface area contributed by atoms with Crippen LogP contribution in [0.1, 0.15) is 5.56 Å². The number of nitrogens with two attached hydrogens (primary N) is 1. The molecule has 0 aliphatic carbocycles. The number of halogens is 1. The maximum Gasteiger partial charge on any atom is 0.165 e. The van der Waals surface area contributed by atoms with Crippen molar-refractivity contribution in [2.45, 2.75) is 6.42 Å². The molecule has 0 atom stereocenters. The first kappa shape index (κ1) is 13.9. The first-order valence-corrected chi connectivity index (χ1v) is 7.03. The summed E-state index contributed by atoms with van der Waals surface area (Å²) in [5.41, 5.74) is 5.82. The van der Waals surface area contributed by atoms with Crippen molar-refractivity contribution in [2.75, 3.05) is 25.2 Å². The highest BCUT2D eigenvalue weighted by atomic mass is 32.2. The average Bonchev–Trinajstić information content (AvgIpc) is 2.27. The molecule has 0 aliphatic rings. The quantitative estimate of drug-likeness (QED) is 0.820. The van der Waals surface area contributed by atoms with Crippen LogP contribution >= 0.6 is 0 Å². The van der Waals surface area contributed by atoms with Crippen molar-refractivity contribution in [3.8, 4) is 5.75 Å². The van der Waals surface area contributed by atoms with Crippen LogP contribution in [0.3, 0.4) is 0 Å². The molecule has 0 fully saturated rings. The summed E-state index contributed by atoms with van der Waals surface area (Å²) in [7, 11) is -1.76. The summed E-state index contributed by atoms with van der Waals surface area (Å²) in [5.74, 6) is -0.387. The standard InChI is InChI=1S/C11H16FNO3S/c1-16-11-3-2-9(8-10(11)12)4-6-17(14,15)7-5-13/h2-3,8H,4-7,13H2,1H3. The predicted octanol–water partition coefficient (Wildman–Crippen LogP) is 0.750. The van der Waals surface area contributed by atoms with Gasteiger partial charge >= 0.3 is 0 Å². The summed E-state index contributed by atoms with van der Waals surface area (Å²) >= 11 is 0. The average molecular weight is 261 g/mol. The highest BCUT2D eigenvalue weighted by molar-refractivity contribution is 7.91. The molecule has 0 saturated carbocycles. The smallest absolute Gasteiger partial charge is 0.165 e. The molecule has 1 aromatic carbocycles. The van der Waals surface area contributed by atoms with E-state index in [1.54, 1.807) is 6.07 Å². The monoisotopic (exact) mass is 261 g/mol. The molecule has 0 unspecified atom stereocenters. The van der Waals surface area contributed by atoms with Gasteiger partial charge in [-0.2, -0.15) is 0 Å². The number of rotatable bonds is 6. The van der Waals surface area contributed by atoms with Crippen LogP contribution in [0, 0.1) is 5.82 Å².